The number of fused-ring (bicyclic) bond motifs is 1. The molecule has 2 heterocycles. The molecular formula is C22H21FN4. The zero-order valence-electron chi connectivity index (χ0n) is 15.4. The second kappa shape index (κ2) is 7.19. The van der Waals surface area contributed by atoms with E-state index in [9.17, 15) is 4.39 Å². The predicted molar refractivity (Wildman–Crippen MR) is 106 cm³/mol. The van der Waals surface area contributed by atoms with Gasteiger partial charge in [-0.2, -0.15) is 9.61 Å². The van der Waals surface area contributed by atoms with Crippen molar-refractivity contribution in [2.75, 3.05) is 11.9 Å². The van der Waals surface area contributed by atoms with E-state index < -0.39 is 0 Å². The van der Waals surface area contributed by atoms with Crippen molar-refractivity contribution < 1.29 is 4.39 Å². The molecule has 4 rings (SSSR count). The molecule has 4 aromatic rings. The van der Waals surface area contributed by atoms with E-state index in [2.05, 4.69) is 39.7 Å². The Balaban J connectivity index is 1.68. The van der Waals surface area contributed by atoms with E-state index >= 15 is 0 Å². The minimum absolute atomic E-state index is 0.250. The molecule has 0 fully saturated rings. The van der Waals surface area contributed by atoms with Crippen LogP contribution in [-0.4, -0.2) is 21.1 Å². The van der Waals surface area contributed by atoms with E-state index in [0.29, 0.717) is 0 Å². The number of hydrogen-bond donors (Lipinski definition) is 1. The van der Waals surface area contributed by atoms with Crippen LogP contribution in [0.5, 0.6) is 0 Å². The summed E-state index contributed by atoms with van der Waals surface area (Å²) in [6.45, 7) is 4.73. The number of anilines is 1. The number of benzene rings is 2. The van der Waals surface area contributed by atoms with Crippen LogP contribution in [0.25, 0.3) is 16.8 Å². The lowest BCUT2D eigenvalue weighted by Gasteiger charge is -2.10. The van der Waals surface area contributed by atoms with E-state index in [1.165, 1.54) is 17.7 Å². The molecule has 0 amide bonds. The van der Waals surface area contributed by atoms with Crippen molar-refractivity contribution >= 4 is 11.5 Å². The van der Waals surface area contributed by atoms with Gasteiger partial charge in [0.05, 0.1) is 5.69 Å². The van der Waals surface area contributed by atoms with Gasteiger partial charge < -0.3 is 5.32 Å². The zero-order chi connectivity index (χ0) is 18.8. The summed E-state index contributed by atoms with van der Waals surface area (Å²) in [6, 6.07) is 18.8. The maximum atomic E-state index is 13.3. The summed E-state index contributed by atoms with van der Waals surface area (Å²) in [6.07, 6.45) is 0.925. The fourth-order valence-corrected chi connectivity index (χ4v) is 3.30. The SMILES string of the molecule is Cc1cc(NCCc2ccccc2)n2nc(C)c(-c3ccc(F)cc3)c2n1. The van der Waals surface area contributed by atoms with Crippen molar-refractivity contribution in [3.63, 3.8) is 0 Å². The Kier molecular flexibility index (Phi) is 4.59. The number of hydrogen-bond acceptors (Lipinski definition) is 3. The molecule has 5 heteroatoms. The summed E-state index contributed by atoms with van der Waals surface area (Å²) in [4.78, 5) is 4.69. The molecule has 27 heavy (non-hydrogen) atoms. The summed E-state index contributed by atoms with van der Waals surface area (Å²) in [5.74, 6) is 0.658. The maximum absolute atomic E-state index is 13.3. The first kappa shape index (κ1) is 17.2. The van der Waals surface area contributed by atoms with Gasteiger partial charge in [-0.1, -0.05) is 42.5 Å². The Morgan fingerprint density at radius 3 is 2.48 bits per heavy atom. The van der Waals surface area contributed by atoms with Gasteiger partial charge in [0.15, 0.2) is 5.65 Å². The lowest BCUT2D eigenvalue weighted by molar-refractivity contribution is 0.628. The van der Waals surface area contributed by atoms with Gasteiger partial charge in [-0.25, -0.2) is 9.37 Å². The Morgan fingerprint density at radius 1 is 1.00 bits per heavy atom. The molecule has 0 unspecified atom stereocenters. The summed E-state index contributed by atoms with van der Waals surface area (Å²) in [5, 5.41) is 8.16. The van der Waals surface area contributed by atoms with Crippen LogP contribution in [-0.2, 0) is 6.42 Å². The fraction of sp³-hybridized carbons (Fsp3) is 0.182. The molecule has 0 atom stereocenters. The Morgan fingerprint density at radius 2 is 1.74 bits per heavy atom. The van der Waals surface area contributed by atoms with Crippen LogP contribution in [0.3, 0.4) is 0 Å². The zero-order valence-corrected chi connectivity index (χ0v) is 15.4. The third kappa shape index (κ3) is 3.53. The van der Waals surface area contributed by atoms with Gasteiger partial charge in [-0.05, 0) is 43.5 Å². The third-order valence-corrected chi connectivity index (χ3v) is 4.59. The monoisotopic (exact) mass is 360 g/mol. The van der Waals surface area contributed by atoms with E-state index in [1.807, 2.05) is 30.5 Å². The van der Waals surface area contributed by atoms with E-state index in [0.717, 1.165) is 46.9 Å². The minimum atomic E-state index is -0.250. The van der Waals surface area contributed by atoms with Gasteiger partial charge in [0.1, 0.15) is 11.6 Å². The fourth-order valence-electron chi connectivity index (χ4n) is 3.30. The predicted octanol–water partition coefficient (Wildman–Crippen LogP) is 4.81. The topological polar surface area (TPSA) is 42.2 Å². The Labute approximate surface area is 157 Å². The van der Waals surface area contributed by atoms with E-state index in [4.69, 9.17) is 0 Å². The molecule has 0 bridgehead atoms. The first-order valence-electron chi connectivity index (χ1n) is 9.02. The second-order valence-electron chi connectivity index (χ2n) is 6.65. The molecule has 0 saturated heterocycles. The molecule has 4 nitrogen and oxygen atoms in total. The van der Waals surface area contributed by atoms with E-state index in [-0.39, 0.29) is 5.82 Å². The summed E-state index contributed by atoms with van der Waals surface area (Å²) < 4.78 is 15.1. The summed E-state index contributed by atoms with van der Waals surface area (Å²) in [7, 11) is 0. The highest BCUT2D eigenvalue weighted by Crippen LogP contribution is 2.29. The van der Waals surface area contributed by atoms with Gasteiger partial charge in [0.2, 0.25) is 0 Å². The number of halogens is 1. The molecule has 0 radical (unpaired) electrons. The van der Waals surface area contributed by atoms with Crippen molar-refractivity contribution in [1.82, 2.24) is 14.6 Å². The molecule has 0 aliphatic heterocycles. The molecule has 0 aliphatic rings. The molecule has 0 spiro atoms. The van der Waals surface area contributed by atoms with Crippen LogP contribution in [0.15, 0.2) is 60.7 Å². The number of nitrogens with one attached hydrogen (secondary N) is 1. The second-order valence-corrected chi connectivity index (χ2v) is 6.65. The van der Waals surface area contributed by atoms with Gasteiger partial charge in [-0.15, -0.1) is 0 Å². The summed E-state index contributed by atoms with van der Waals surface area (Å²) in [5.41, 5.74) is 5.69. The molecule has 0 saturated carbocycles. The number of aromatic nitrogens is 3. The van der Waals surface area contributed by atoms with Crippen molar-refractivity contribution in [2.45, 2.75) is 20.3 Å². The van der Waals surface area contributed by atoms with E-state index in [1.54, 1.807) is 12.1 Å². The highest BCUT2D eigenvalue weighted by Gasteiger charge is 2.16. The van der Waals surface area contributed by atoms with Crippen LogP contribution in [0.4, 0.5) is 10.2 Å². The molecule has 1 N–H and O–H groups in total. The molecule has 0 aliphatic carbocycles. The summed E-state index contributed by atoms with van der Waals surface area (Å²) >= 11 is 0. The maximum Gasteiger partial charge on any atom is 0.165 e. The molecule has 2 aromatic heterocycles. The Hall–Kier alpha value is -3.21. The highest BCUT2D eigenvalue weighted by atomic mass is 19.1. The van der Waals surface area contributed by atoms with Crippen LogP contribution in [0, 0.1) is 19.7 Å². The van der Waals surface area contributed by atoms with Crippen LogP contribution in [0.2, 0.25) is 0 Å². The van der Waals surface area contributed by atoms with Crippen molar-refractivity contribution in [3.05, 3.63) is 83.4 Å². The smallest absolute Gasteiger partial charge is 0.165 e. The number of aryl methyl sites for hydroxylation is 2. The van der Waals surface area contributed by atoms with Gasteiger partial charge in [-0.3, -0.25) is 0 Å². The van der Waals surface area contributed by atoms with Crippen LogP contribution in [0.1, 0.15) is 17.0 Å². The normalized spacial score (nSPS) is 11.1. The minimum Gasteiger partial charge on any atom is -0.370 e. The van der Waals surface area contributed by atoms with Crippen molar-refractivity contribution in [3.8, 4) is 11.1 Å². The largest absolute Gasteiger partial charge is 0.370 e. The first-order valence-corrected chi connectivity index (χ1v) is 9.02. The van der Waals surface area contributed by atoms with Crippen molar-refractivity contribution in [1.29, 1.82) is 0 Å². The highest BCUT2D eigenvalue weighted by molar-refractivity contribution is 5.80. The molecular weight excluding hydrogens is 339 g/mol. The van der Waals surface area contributed by atoms with Crippen molar-refractivity contribution in [2.24, 2.45) is 0 Å². The first-order chi connectivity index (χ1) is 13.1. The molecule has 136 valence electrons. The average molecular weight is 360 g/mol. The van der Waals surface area contributed by atoms with Gasteiger partial charge >= 0.3 is 0 Å². The van der Waals surface area contributed by atoms with Gasteiger partial charge in [0, 0.05) is 23.9 Å². The third-order valence-electron chi connectivity index (χ3n) is 4.59. The van der Waals surface area contributed by atoms with Crippen LogP contribution >= 0.6 is 0 Å². The number of nitrogens with zero attached hydrogens (tertiary/aromatic N) is 3. The average Bonchev–Trinajstić information content (AvgIpc) is 2.99. The standard InChI is InChI=1S/C22H21FN4/c1-15-14-20(24-13-12-17-6-4-3-5-7-17)27-22(25-15)21(16(2)26-27)18-8-10-19(23)11-9-18/h3-11,14,24H,12-13H2,1-2H3. The van der Waals surface area contributed by atoms with Crippen LogP contribution < -0.4 is 5.32 Å². The lowest BCUT2D eigenvalue weighted by atomic mass is 10.1. The lowest BCUT2D eigenvalue weighted by Crippen LogP contribution is -2.10. The number of rotatable bonds is 5. The molecule has 2 aromatic carbocycles. The quantitative estimate of drug-likeness (QED) is 0.555. The van der Waals surface area contributed by atoms with Gasteiger partial charge in [0.25, 0.3) is 0 Å². The Bertz CT molecular complexity index is 1070.